The SMILES string of the molecule is CCOc1ccccc1N(CC(=O)NCCC1=CCCCC1)S(=O)(=O)c1ccc(SC)cc1. The first-order chi connectivity index (χ1) is 16.0. The smallest absolute Gasteiger partial charge is 0.264 e. The Bertz CT molecular complexity index is 1070. The third kappa shape index (κ3) is 6.77. The largest absolute Gasteiger partial charge is 0.492 e. The van der Waals surface area contributed by atoms with Crippen LogP contribution in [0.3, 0.4) is 0 Å². The number of hydrogen-bond donors (Lipinski definition) is 1. The van der Waals surface area contributed by atoms with Crippen LogP contribution in [-0.4, -0.2) is 40.3 Å². The molecule has 0 saturated carbocycles. The molecule has 33 heavy (non-hydrogen) atoms. The predicted octanol–water partition coefficient (Wildman–Crippen LogP) is 5.01. The van der Waals surface area contributed by atoms with Crippen LogP contribution in [0.25, 0.3) is 0 Å². The standard InChI is InChI=1S/C25H32N2O4S2/c1-3-31-24-12-8-7-11-23(24)27(33(29,30)22-15-13-21(32-2)14-16-22)19-25(28)26-18-17-20-9-5-4-6-10-20/h7-9,11-16H,3-6,10,17-19H2,1-2H3,(H,26,28). The third-order valence-electron chi connectivity index (χ3n) is 5.52. The van der Waals surface area contributed by atoms with Crippen LogP contribution < -0.4 is 14.4 Å². The lowest BCUT2D eigenvalue weighted by atomic mass is 9.97. The van der Waals surface area contributed by atoms with E-state index in [9.17, 15) is 13.2 Å². The Hall–Kier alpha value is -2.45. The molecule has 8 heteroatoms. The Morgan fingerprint density at radius 3 is 2.55 bits per heavy atom. The fourth-order valence-electron chi connectivity index (χ4n) is 3.80. The van der Waals surface area contributed by atoms with Gasteiger partial charge in [0.2, 0.25) is 5.91 Å². The monoisotopic (exact) mass is 488 g/mol. The molecule has 178 valence electrons. The first-order valence-corrected chi connectivity index (χ1v) is 14.0. The van der Waals surface area contributed by atoms with E-state index < -0.39 is 10.0 Å². The average Bonchev–Trinajstić information content (AvgIpc) is 2.84. The van der Waals surface area contributed by atoms with Crippen molar-refractivity contribution in [2.45, 2.75) is 48.8 Å². The topological polar surface area (TPSA) is 75.7 Å². The summed E-state index contributed by atoms with van der Waals surface area (Å²) in [5.74, 6) is 0.0755. The van der Waals surface area contributed by atoms with Gasteiger partial charge < -0.3 is 10.1 Å². The van der Waals surface area contributed by atoms with Crippen molar-refractivity contribution < 1.29 is 17.9 Å². The summed E-state index contributed by atoms with van der Waals surface area (Å²) in [6.07, 6.45) is 9.56. The number of nitrogens with zero attached hydrogens (tertiary/aromatic N) is 1. The van der Waals surface area contributed by atoms with Crippen molar-refractivity contribution in [1.82, 2.24) is 5.32 Å². The number of anilines is 1. The summed E-state index contributed by atoms with van der Waals surface area (Å²) < 4.78 is 34.1. The Morgan fingerprint density at radius 1 is 1.12 bits per heavy atom. The van der Waals surface area contributed by atoms with E-state index in [1.165, 1.54) is 30.2 Å². The molecular formula is C25H32N2O4S2. The number of allylic oxidation sites excluding steroid dienone is 1. The summed E-state index contributed by atoms with van der Waals surface area (Å²) in [6, 6.07) is 13.6. The second kappa shape index (κ2) is 12.1. The summed E-state index contributed by atoms with van der Waals surface area (Å²) >= 11 is 1.54. The Kier molecular flexibility index (Phi) is 9.26. The zero-order valence-corrected chi connectivity index (χ0v) is 20.9. The molecule has 0 aliphatic heterocycles. The number of rotatable bonds is 11. The molecule has 0 atom stereocenters. The zero-order chi connectivity index (χ0) is 23.7. The molecule has 0 radical (unpaired) electrons. The zero-order valence-electron chi connectivity index (χ0n) is 19.2. The summed E-state index contributed by atoms with van der Waals surface area (Å²) in [5.41, 5.74) is 1.71. The molecule has 3 rings (SSSR count). The second-order valence-corrected chi connectivity index (χ2v) is 10.5. The van der Waals surface area contributed by atoms with Gasteiger partial charge in [0, 0.05) is 11.4 Å². The van der Waals surface area contributed by atoms with E-state index in [1.807, 2.05) is 13.2 Å². The molecule has 0 spiro atoms. The van der Waals surface area contributed by atoms with E-state index in [-0.39, 0.29) is 17.3 Å². The van der Waals surface area contributed by atoms with Crippen LogP contribution in [0.4, 0.5) is 5.69 Å². The molecule has 0 bridgehead atoms. The van der Waals surface area contributed by atoms with Crippen molar-refractivity contribution in [3.63, 3.8) is 0 Å². The highest BCUT2D eigenvalue weighted by Crippen LogP contribution is 2.33. The van der Waals surface area contributed by atoms with E-state index in [0.717, 1.165) is 28.5 Å². The Labute approximate surface area is 201 Å². The Morgan fingerprint density at radius 2 is 1.88 bits per heavy atom. The average molecular weight is 489 g/mol. The molecule has 0 fully saturated rings. The van der Waals surface area contributed by atoms with E-state index in [2.05, 4.69) is 11.4 Å². The van der Waals surface area contributed by atoms with Gasteiger partial charge >= 0.3 is 0 Å². The number of amides is 1. The first-order valence-electron chi connectivity index (χ1n) is 11.3. The van der Waals surface area contributed by atoms with E-state index >= 15 is 0 Å². The van der Waals surface area contributed by atoms with Crippen molar-refractivity contribution in [1.29, 1.82) is 0 Å². The molecule has 2 aromatic carbocycles. The van der Waals surface area contributed by atoms with Crippen LogP contribution in [0, 0.1) is 0 Å². The van der Waals surface area contributed by atoms with Gasteiger partial charge in [0.1, 0.15) is 12.3 Å². The summed E-state index contributed by atoms with van der Waals surface area (Å²) in [4.78, 5) is 13.9. The number of carbonyl (C=O) groups is 1. The molecule has 0 aromatic heterocycles. The predicted molar refractivity (Wildman–Crippen MR) is 135 cm³/mol. The lowest BCUT2D eigenvalue weighted by molar-refractivity contribution is -0.119. The number of nitrogens with one attached hydrogen (secondary N) is 1. The minimum atomic E-state index is -3.99. The van der Waals surface area contributed by atoms with Crippen molar-refractivity contribution in [3.05, 3.63) is 60.2 Å². The molecule has 0 heterocycles. The van der Waals surface area contributed by atoms with Gasteiger partial charge in [-0.15, -0.1) is 11.8 Å². The Balaban J connectivity index is 1.83. The van der Waals surface area contributed by atoms with Crippen LogP contribution in [0.5, 0.6) is 5.75 Å². The number of hydrogen-bond acceptors (Lipinski definition) is 5. The van der Waals surface area contributed by atoms with Crippen LogP contribution in [0.2, 0.25) is 0 Å². The normalized spacial score (nSPS) is 13.8. The highest BCUT2D eigenvalue weighted by Gasteiger charge is 2.29. The number of sulfonamides is 1. The second-order valence-electron chi connectivity index (χ2n) is 7.80. The lowest BCUT2D eigenvalue weighted by Crippen LogP contribution is -2.41. The van der Waals surface area contributed by atoms with Crippen LogP contribution in [-0.2, 0) is 14.8 Å². The third-order valence-corrected chi connectivity index (χ3v) is 8.04. The highest BCUT2D eigenvalue weighted by atomic mass is 32.2. The maximum Gasteiger partial charge on any atom is 0.264 e. The quantitative estimate of drug-likeness (QED) is 0.355. The molecule has 1 N–H and O–H groups in total. The molecule has 2 aromatic rings. The maximum atomic E-state index is 13.6. The number of thioether (sulfide) groups is 1. The van der Waals surface area contributed by atoms with Crippen molar-refractivity contribution >= 4 is 33.4 Å². The summed E-state index contributed by atoms with van der Waals surface area (Å²) in [7, 11) is -3.99. The van der Waals surface area contributed by atoms with Crippen LogP contribution in [0.15, 0.2) is 70.0 Å². The van der Waals surface area contributed by atoms with Gasteiger partial charge in [-0.2, -0.15) is 0 Å². The van der Waals surface area contributed by atoms with Crippen LogP contribution >= 0.6 is 11.8 Å². The molecule has 6 nitrogen and oxygen atoms in total. The van der Waals surface area contributed by atoms with Gasteiger partial charge in [-0.1, -0.05) is 23.8 Å². The van der Waals surface area contributed by atoms with Gasteiger partial charge in [-0.3, -0.25) is 9.10 Å². The van der Waals surface area contributed by atoms with Gasteiger partial charge in [-0.05, 0) is 81.7 Å². The van der Waals surface area contributed by atoms with E-state index in [0.29, 0.717) is 24.6 Å². The number of benzene rings is 2. The molecule has 1 aliphatic carbocycles. The van der Waals surface area contributed by atoms with Gasteiger partial charge in [0.25, 0.3) is 10.0 Å². The van der Waals surface area contributed by atoms with Crippen molar-refractivity contribution in [2.75, 3.05) is 30.3 Å². The molecular weight excluding hydrogens is 456 g/mol. The number of ether oxygens (including phenoxy) is 1. The van der Waals surface area contributed by atoms with Gasteiger partial charge in [0.05, 0.1) is 17.2 Å². The first kappa shape index (κ1) is 25.2. The minimum absolute atomic E-state index is 0.131. The van der Waals surface area contributed by atoms with Crippen molar-refractivity contribution in [2.24, 2.45) is 0 Å². The van der Waals surface area contributed by atoms with Crippen LogP contribution in [0.1, 0.15) is 39.0 Å². The number of carbonyl (C=O) groups excluding carboxylic acids is 1. The lowest BCUT2D eigenvalue weighted by Gasteiger charge is -2.26. The minimum Gasteiger partial charge on any atom is -0.492 e. The molecule has 1 aliphatic rings. The fraction of sp³-hybridized carbons (Fsp3) is 0.400. The molecule has 0 saturated heterocycles. The summed E-state index contributed by atoms with van der Waals surface area (Å²) in [5, 5.41) is 2.89. The summed E-state index contributed by atoms with van der Waals surface area (Å²) in [6.45, 7) is 2.39. The molecule has 1 amide bonds. The van der Waals surface area contributed by atoms with Crippen molar-refractivity contribution in [3.8, 4) is 5.75 Å². The van der Waals surface area contributed by atoms with E-state index in [1.54, 1.807) is 48.5 Å². The van der Waals surface area contributed by atoms with E-state index in [4.69, 9.17) is 4.74 Å². The highest BCUT2D eigenvalue weighted by molar-refractivity contribution is 7.98. The number of para-hydroxylation sites is 2. The fourth-order valence-corrected chi connectivity index (χ4v) is 5.64. The van der Waals surface area contributed by atoms with Gasteiger partial charge in [-0.25, -0.2) is 8.42 Å². The molecule has 0 unspecified atom stereocenters. The van der Waals surface area contributed by atoms with Gasteiger partial charge in [0.15, 0.2) is 0 Å². The maximum absolute atomic E-state index is 13.6.